The van der Waals surface area contributed by atoms with Crippen LogP contribution in [0.3, 0.4) is 0 Å². The Labute approximate surface area is 94.8 Å². The first-order chi connectivity index (χ1) is 5.63. The summed E-state index contributed by atoms with van der Waals surface area (Å²) in [6.07, 6.45) is -1.20. The van der Waals surface area contributed by atoms with Crippen LogP contribution in [-0.2, 0) is 4.74 Å². The Hall–Kier alpha value is -0.260. The van der Waals surface area contributed by atoms with Crippen molar-refractivity contribution in [1.82, 2.24) is 4.90 Å². The molecule has 1 aliphatic heterocycles. The van der Waals surface area contributed by atoms with E-state index in [0.717, 1.165) is 0 Å². The van der Waals surface area contributed by atoms with Crippen LogP contribution in [0.25, 0.3) is 0 Å². The van der Waals surface area contributed by atoms with E-state index in [1.807, 2.05) is 0 Å². The van der Waals surface area contributed by atoms with Gasteiger partial charge in [-0.2, -0.15) is 0 Å². The smallest absolute Gasteiger partial charge is 0.409 e. The predicted molar refractivity (Wildman–Crippen MR) is 56.0 cm³/mol. The van der Waals surface area contributed by atoms with Crippen LogP contribution in [0.2, 0.25) is 0 Å². The second-order valence-corrected chi connectivity index (χ2v) is 2.97. The van der Waals surface area contributed by atoms with Crippen LogP contribution in [0, 0.1) is 0 Å². The van der Waals surface area contributed by atoms with Crippen LogP contribution in [-0.4, -0.2) is 43.4 Å². The number of hydrogen-bond donors (Lipinski definition) is 1. The van der Waals surface area contributed by atoms with E-state index in [-0.39, 0.29) is 37.4 Å². The first-order valence-corrected chi connectivity index (χ1v) is 3.86. The molecule has 0 aromatic heterocycles. The lowest BCUT2D eigenvalue weighted by Crippen LogP contribution is -2.50. The lowest BCUT2D eigenvalue weighted by molar-refractivity contribution is 0.0853. The minimum Gasteiger partial charge on any atom is -0.453 e. The number of methoxy groups -OCH3 is 1. The molecule has 4 nitrogen and oxygen atoms in total. The first-order valence-electron chi connectivity index (χ1n) is 3.86. The number of rotatable bonds is 0. The van der Waals surface area contributed by atoms with Gasteiger partial charge in [-0.05, 0) is 6.42 Å². The molecular weight excluding hydrogens is 234 g/mol. The van der Waals surface area contributed by atoms with Gasteiger partial charge in [0.05, 0.1) is 13.7 Å². The zero-order valence-electron chi connectivity index (χ0n) is 7.81. The average Bonchev–Trinajstić information content (AvgIpc) is 2.01. The largest absolute Gasteiger partial charge is 0.453 e. The van der Waals surface area contributed by atoms with Crippen molar-refractivity contribution in [3.05, 3.63) is 0 Å². The molecule has 0 aromatic carbocycles. The second-order valence-electron chi connectivity index (χ2n) is 2.97. The van der Waals surface area contributed by atoms with E-state index >= 15 is 0 Å². The molecule has 0 spiro atoms. The molecule has 1 fully saturated rings. The molecule has 86 valence electrons. The highest BCUT2D eigenvalue weighted by atomic mass is 35.5. The Kier molecular flexibility index (Phi) is 8.19. The zero-order chi connectivity index (χ0) is 9.14. The van der Waals surface area contributed by atoms with Crippen molar-refractivity contribution >= 4 is 30.9 Å². The van der Waals surface area contributed by atoms with Crippen molar-refractivity contribution in [3.63, 3.8) is 0 Å². The van der Waals surface area contributed by atoms with Crippen molar-refractivity contribution in [2.24, 2.45) is 5.73 Å². The molecule has 0 aliphatic carbocycles. The van der Waals surface area contributed by atoms with Gasteiger partial charge >= 0.3 is 6.09 Å². The van der Waals surface area contributed by atoms with Gasteiger partial charge in [0, 0.05) is 12.6 Å². The van der Waals surface area contributed by atoms with E-state index in [1.165, 1.54) is 12.0 Å². The van der Waals surface area contributed by atoms with E-state index in [4.69, 9.17) is 5.73 Å². The number of hydrogen-bond acceptors (Lipinski definition) is 3. The summed E-state index contributed by atoms with van der Waals surface area (Å²) in [5.74, 6) is 0. The summed E-state index contributed by atoms with van der Waals surface area (Å²) in [4.78, 5) is 12.2. The molecule has 0 aromatic rings. The van der Waals surface area contributed by atoms with Gasteiger partial charge in [-0.25, -0.2) is 9.18 Å². The Morgan fingerprint density at radius 1 is 1.50 bits per heavy atom. The van der Waals surface area contributed by atoms with E-state index in [0.29, 0.717) is 13.0 Å². The van der Waals surface area contributed by atoms with Crippen LogP contribution >= 0.6 is 24.8 Å². The SMILES string of the molecule is COC(=O)N1C[C@H](N)C[C@@H](F)C1.Cl.Cl. The fraction of sp³-hybridized carbons (Fsp3) is 0.857. The quantitative estimate of drug-likeness (QED) is 0.695. The molecule has 1 amide bonds. The topological polar surface area (TPSA) is 55.6 Å². The van der Waals surface area contributed by atoms with Crippen LogP contribution in [0.1, 0.15) is 6.42 Å². The monoisotopic (exact) mass is 248 g/mol. The Morgan fingerprint density at radius 2 is 2.07 bits per heavy atom. The summed E-state index contributed by atoms with van der Waals surface area (Å²) in [5, 5.41) is 0. The number of nitrogens with two attached hydrogens (primary N) is 1. The third-order valence-electron chi connectivity index (χ3n) is 1.86. The van der Waals surface area contributed by atoms with Gasteiger partial charge in [-0.15, -0.1) is 24.8 Å². The summed E-state index contributed by atoms with van der Waals surface area (Å²) in [6, 6.07) is -0.271. The lowest BCUT2D eigenvalue weighted by atomic mass is 10.1. The van der Waals surface area contributed by atoms with E-state index in [1.54, 1.807) is 0 Å². The van der Waals surface area contributed by atoms with Gasteiger partial charge in [-0.3, -0.25) is 0 Å². The van der Waals surface area contributed by atoms with Gasteiger partial charge in [0.15, 0.2) is 0 Å². The van der Waals surface area contributed by atoms with Crippen LogP contribution < -0.4 is 5.73 Å². The minimum atomic E-state index is -1.02. The standard InChI is InChI=1S/C7H13FN2O2.2ClH/c1-12-7(11)10-3-5(8)2-6(9)4-10;;/h5-6H,2-4,9H2,1H3;2*1H/t5-,6-;;/m1../s1. The van der Waals surface area contributed by atoms with Gasteiger partial charge in [-0.1, -0.05) is 0 Å². The zero-order valence-corrected chi connectivity index (χ0v) is 9.44. The van der Waals surface area contributed by atoms with E-state index in [9.17, 15) is 9.18 Å². The molecule has 1 aliphatic rings. The van der Waals surface area contributed by atoms with Crippen molar-refractivity contribution in [2.75, 3.05) is 20.2 Å². The lowest BCUT2D eigenvalue weighted by Gasteiger charge is -2.31. The minimum absolute atomic E-state index is 0. The Morgan fingerprint density at radius 3 is 2.50 bits per heavy atom. The Balaban J connectivity index is 0. The third-order valence-corrected chi connectivity index (χ3v) is 1.86. The molecule has 0 bridgehead atoms. The molecule has 2 atom stereocenters. The highest BCUT2D eigenvalue weighted by molar-refractivity contribution is 5.85. The molecule has 0 unspecified atom stereocenters. The van der Waals surface area contributed by atoms with Gasteiger partial charge in [0.1, 0.15) is 6.17 Å². The molecule has 7 heteroatoms. The van der Waals surface area contributed by atoms with Gasteiger partial charge in [0.25, 0.3) is 0 Å². The summed E-state index contributed by atoms with van der Waals surface area (Å²) in [7, 11) is 1.27. The first kappa shape index (κ1) is 16.2. The fourth-order valence-electron chi connectivity index (χ4n) is 1.35. The second kappa shape index (κ2) is 7.09. The summed E-state index contributed by atoms with van der Waals surface area (Å²) < 4.78 is 17.3. The number of nitrogens with zero attached hydrogens (tertiary/aromatic N) is 1. The van der Waals surface area contributed by atoms with Crippen molar-refractivity contribution in [2.45, 2.75) is 18.6 Å². The molecule has 0 saturated carbocycles. The fourth-order valence-corrected chi connectivity index (χ4v) is 1.35. The summed E-state index contributed by atoms with van der Waals surface area (Å²) in [5.41, 5.74) is 5.52. The number of likely N-dealkylation sites (tertiary alicyclic amines) is 1. The molecule has 0 radical (unpaired) electrons. The third kappa shape index (κ3) is 4.30. The maximum atomic E-state index is 12.9. The predicted octanol–water partition coefficient (Wildman–Crippen LogP) is 0.968. The normalized spacial score (nSPS) is 25.8. The van der Waals surface area contributed by atoms with Crippen molar-refractivity contribution < 1.29 is 13.9 Å². The molecule has 1 heterocycles. The average molecular weight is 249 g/mol. The number of carbonyl (C=O) groups excluding carboxylic acids is 1. The molecular formula is C7H15Cl2FN2O2. The molecule has 2 N–H and O–H groups in total. The maximum absolute atomic E-state index is 12.9. The van der Waals surface area contributed by atoms with Gasteiger partial charge in [0.2, 0.25) is 0 Å². The van der Waals surface area contributed by atoms with Crippen molar-refractivity contribution in [1.29, 1.82) is 0 Å². The van der Waals surface area contributed by atoms with Crippen LogP contribution in [0.4, 0.5) is 9.18 Å². The number of piperidine rings is 1. The van der Waals surface area contributed by atoms with E-state index in [2.05, 4.69) is 4.74 Å². The number of carbonyl (C=O) groups is 1. The van der Waals surface area contributed by atoms with Crippen LogP contribution in [0.15, 0.2) is 0 Å². The highest BCUT2D eigenvalue weighted by Gasteiger charge is 2.28. The molecule has 1 saturated heterocycles. The number of halogens is 3. The summed E-state index contributed by atoms with van der Waals surface area (Å²) in [6.45, 7) is 0.480. The van der Waals surface area contributed by atoms with Crippen LogP contribution in [0.5, 0.6) is 0 Å². The molecule has 14 heavy (non-hydrogen) atoms. The maximum Gasteiger partial charge on any atom is 0.409 e. The van der Waals surface area contributed by atoms with E-state index < -0.39 is 12.3 Å². The highest BCUT2D eigenvalue weighted by Crippen LogP contribution is 2.12. The molecule has 1 rings (SSSR count). The summed E-state index contributed by atoms with van der Waals surface area (Å²) >= 11 is 0. The van der Waals surface area contributed by atoms with Crippen molar-refractivity contribution in [3.8, 4) is 0 Å². The number of amides is 1. The number of alkyl halides is 1. The van der Waals surface area contributed by atoms with Gasteiger partial charge < -0.3 is 15.4 Å². The number of ether oxygens (including phenoxy) is 1. The Bertz CT molecular complexity index is 175.